The molecular formula is C53H57FIrN2Si2-2. The van der Waals surface area contributed by atoms with Gasteiger partial charge in [0.05, 0.1) is 16.1 Å². The zero-order chi connectivity index (χ0) is 44.3. The zero-order valence-corrected chi connectivity index (χ0v) is 40.4. The van der Waals surface area contributed by atoms with Crippen LogP contribution in [-0.4, -0.2) is 26.1 Å². The van der Waals surface area contributed by atoms with Crippen molar-refractivity contribution in [2.45, 2.75) is 85.7 Å². The van der Waals surface area contributed by atoms with Gasteiger partial charge in [0.1, 0.15) is 0 Å². The fourth-order valence-corrected chi connectivity index (χ4v) is 9.24. The van der Waals surface area contributed by atoms with E-state index in [4.69, 9.17) is 9.10 Å². The molecule has 1 radical (unpaired) electrons. The van der Waals surface area contributed by atoms with Crippen molar-refractivity contribution in [1.82, 2.24) is 9.97 Å². The van der Waals surface area contributed by atoms with Crippen LogP contribution in [0.4, 0.5) is 4.39 Å². The van der Waals surface area contributed by atoms with Crippen molar-refractivity contribution >= 4 is 26.5 Å². The van der Waals surface area contributed by atoms with Crippen LogP contribution in [0.2, 0.25) is 39.3 Å². The van der Waals surface area contributed by atoms with Crippen LogP contribution in [0.5, 0.6) is 0 Å². The molecule has 59 heavy (non-hydrogen) atoms. The van der Waals surface area contributed by atoms with Crippen LogP contribution < -0.4 is 10.4 Å². The smallest absolute Gasteiger partial charge is 0.0795 e. The molecule has 0 saturated heterocycles. The van der Waals surface area contributed by atoms with E-state index in [9.17, 15) is 4.39 Å². The van der Waals surface area contributed by atoms with Gasteiger partial charge in [-0.2, -0.15) is 0 Å². The van der Waals surface area contributed by atoms with Gasteiger partial charge in [-0.1, -0.05) is 157 Å². The summed E-state index contributed by atoms with van der Waals surface area (Å²) in [6.07, 6.45) is 3.49. The zero-order valence-electron chi connectivity index (χ0n) is 39.0. The Morgan fingerprint density at radius 2 is 1.19 bits per heavy atom. The molecule has 0 aliphatic carbocycles. The van der Waals surface area contributed by atoms with Crippen molar-refractivity contribution in [3.8, 4) is 55.9 Å². The van der Waals surface area contributed by atoms with E-state index in [1.165, 1.54) is 22.5 Å². The summed E-state index contributed by atoms with van der Waals surface area (Å²) in [6, 6.07) is 46.7. The van der Waals surface area contributed by atoms with Gasteiger partial charge in [0.2, 0.25) is 0 Å². The number of aromatic nitrogens is 2. The third kappa shape index (κ3) is 11.2. The van der Waals surface area contributed by atoms with E-state index in [1.807, 2.05) is 30.5 Å². The van der Waals surface area contributed by atoms with Gasteiger partial charge < -0.3 is 9.97 Å². The second kappa shape index (κ2) is 19.2. The number of nitrogens with zero attached hydrogens (tertiary/aromatic N) is 2. The number of rotatable bonds is 9. The minimum absolute atomic E-state index is 0. The summed E-state index contributed by atoms with van der Waals surface area (Å²) in [5.74, 6) is 0.0926. The van der Waals surface area contributed by atoms with E-state index in [-0.39, 0.29) is 43.3 Å². The van der Waals surface area contributed by atoms with Crippen molar-refractivity contribution in [2.75, 3.05) is 0 Å². The summed E-state index contributed by atoms with van der Waals surface area (Å²) in [5, 5.41) is 2.75. The van der Waals surface area contributed by atoms with Gasteiger partial charge in [-0.3, -0.25) is 4.39 Å². The molecule has 0 fully saturated rings. The molecule has 5 aromatic carbocycles. The summed E-state index contributed by atoms with van der Waals surface area (Å²) >= 11 is 0. The third-order valence-corrected chi connectivity index (χ3v) is 14.7. The minimum atomic E-state index is -2.31. The van der Waals surface area contributed by atoms with Crippen LogP contribution in [0, 0.1) is 24.8 Å². The number of pyridine rings is 2. The third-order valence-electron chi connectivity index (χ3n) is 10.6. The van der Waals surface area contributed by atoms with E-state index < -0.39 is 23.0 Å². The summed E-state index contributed by atoms with van der Waals surface area (Å²) in [6.45, 7) is 20.3. The quantitative estimate of drug-likeness (QED) is 0.106. The van der Waals surface area contributed by atoms with Gasteiger partial charge in [0.25, 0.3) is 0 Å². The van der Waals surface area contributed by atoms with Gasteiger partial charge in [-0.05, 0) is 79.8 Å². The van der Waals surface area contributed by atoms with Crippen LogP contribution in [0.15, 0.2) is 134 Å². The van der Waals surface area contributed by atoms with E-state index in [2.05, 4.69) is 163 Å². The van der Waals surface area contributed by atoms with Crippen LogP contribution >= 0.6 is 0 Å². The maximum atomic E-state index is 12.8. The second-order valence-electron chi connectivity index (χ2n) is 17.7. The molecule has 305 valence electrons. The Kier molecular flexibility index (Phi) is 13.4. The molecule has 7 aromatic rings. The standard InChI is InChI=1S/C39H42NSi.C14H15FNSi.Ir/c1-26(2)35-22-33(29-13-10-9-11-14-29)23-36(27(3)4)39(35)37-24-38(40-25-28(37)5)32-16-12-15-31(21-32)30-17-19-34(20-18-30)41(6,7)8;1-17(2,3)13-8-9-14(16-10-13)11-4-6-12(15)7-5-11;/h9-15,17-27H,1-8H3;4,6-10H,1-3H3;/q2*-1;/i5D3;;. The summed E-state index contributed by atoms with van der Waals surface area (Å²) < 4.78 is 38.2. The van der Waals surface area contributed by atoms with Crippen LogP contribution in [0.25, 0.3) is 55.9 Å². The van der Waals surface area contributed by atoms with Gasteiger partial charge in [0, 0.05) is 42.4 Å². The number of benzene rings is 5. The molecule has 0 atom stereocenters. The molecule has 6 heteroatoms. The van der Waals surface area contributed by atoms with Crippen molar-refractivity contribution < 1.29 is 28.6 Å². The van der Waals surface area contributed by atoms with Gasteiger partial charge in [0.15, 0.2) is 0 Å². The largest absolute Gasteiger partial charge is 0.305 e. The first-order chi connectivity index (χ1) is 28.7. The predicted octanol–water partition coefficient (Wildman–Crippen LogP) is 13.9. The molecule has 0 aliphatic heterocycles. The SMILES string of the molecule is C[Si](C)(C)c1ccc(-c2[c-]cc(F)cc2)nc1.[2H]C([2H])([2H])c1cnc(-c2[c-]ccc(-c3ccc([Si](C)(C)C)cc3)c2)cc1-c1c(C(C)C)cc(-c2ccccc2)cc1C(C)C.[Ir]. The Hall–Kier alpha value is -4.59. The first-order valence-corrected chi connectivity index (χ1v) is 27.2. The molecule has 7 rings (SSSR count). The molecule has 0 amide bonds. The Labute approximate surface area is 373 Å². The maximum absolute atomic E-state index is 12.8. The average molecular weight is 992 g/mol. The predicted molar refractivity (Wildman–Crippen MR) is 252 cm³/mol. The molecule has 0 N–H and O–H groups in total. The second-order valence-corrected chi connectivity index (χ2v) is 27.9. The Morgan fingerprint density at radius 1 is 0.576 bits per heavy atom. The summed E-state index contributed by atoms with van der Waals surface area (Å²) in [7, 11) is -2.69. The normalized spacial score (nSPS) is 12.5. The van der Waals surface area contributed by atoms with E-state index in [0.717, 1.165) is 61.3 Å². The topological polar surface area (TPSA) is 25.8 Å². The van der Waals surface area contributed by atoms with Crippen LogP contribution in [0.3, 0.4) is 0 Å². The Balaban J connectivity index is 0.000000337. The fraction of sp³-hybridized carbons (Fsp3) is 0.245. The molecule has 0 saturated carbocycles. The molecule has 2 heterocycles. The average Bonchev–Trinajstić information content (AvgIpc) is 3.23. The first-order valence-electron chi connectivity index (χ1n) is 21.7. The van der Waals surface area contributed by atoms with Crippen molar-refractivity contribution in [3.05, 3.63) is 168 Å². The number of hydrogen-bond acceptors (Lipinski definition) is 2. The fourth-order valence-electron chi connectivity index (χ4n) is 7.03. The monoisotopic (exact) mass is 992 g/mol. The molecule has 2 aromatic heterocycles. The Bertz CT molecular complexity index is 2550. The Morgan fingerprint density at radius 3 is 1.73 bits per heavy atom. The molecule has 0 spiro atoms. The maximum Gasteiger partial charge on any atom is 0.0795 e. The van der Waals surface area contributed by atoms with Crippen molar-refractivity contribution in [1.29, 1.82) is 0 Å². The molecule has 2 nitrogen and oxygen atoms in total. The van der Waals surface area contributed by atoms with Crippen molar-refractivity contribution in [2.24, 2.45) is 0 Å². The number of halogens is 1. The van der Waals surface area contributed by atoms with Gasteiger partial charge in [-0.15, -0.1) is 65.2 Å². The molecular weight excluding hydrogens is 932 g/mol. The minimum Gasteiger partial charge on any atom is -0.305 e. The molecule has 0 bridgehead atoms. The molecule has 0 unspecified atom stereocenters. The van der Waals surface area contributed by atoms with Gasteiger partial charge in [-0.25, -0.2) is 0 Å². The van der Waals surface area contributed by atoms with Crippen LogP contribution in [-0.2, 0) is 20.1 Å². The van der Waals surface area contributed by atoms with Gasteiger partial charge >= 0.3 is 0 Å². The number of hydrogen-bond donors (Lipinski definition) is 0. The van der Waals surface area contributed by atoms with E-state index in [0.29, 0.717) is 5.69 Å². The van der Waals surface area contributed by atoms with E-state index in [1.54, 1.807) is 12.3 Å². The van der Waals surface area contributed by atoms with Crippen molar-refractivity contribution in [3.63, 3.8) is 0 Å². The summed E-state index contributed by atoms with van der Waals surface area (Å²) in [5.41, 5.74) is 12.0. The van der Waals surface area contributed by atoms with E-state index >= 15 is 0 Å². The number of aryl methyl sites for hydroxylation is 1. The first kappa shape index (κ1) is 41.2. The van der Waals surface area contributed by atoms with Crippen LogP contribution in [0.1, 0.15) is 60.3 Å². The molecule has 0 aliphatic rings. The summed E-state index contributed by atoms with van der Waals surface area (Å²) in [4.78, 5) is 9.14.